The second-order valence-corrected chi connectivity index (χ2v) is 8.70. The number of rotatable bonds is 6. The molecule has 152 valence electrons. The maximum Gasteiger partial charge on any atom is 0.259 e. The highest BCUT2D eigenvalue weighted by Crippen LogP contribution is 2.27. The van der Waals surface area contributed by atoms with Crippen LogP contribution in [0.2, 0.25) is 0 Å². The Morgan fingerprint density at radius 2 is 2.14 bits per heavy atom. The number of nitriles is 1. The molecule has 1 amide bonds. The average Bonchev–Trinajstić information content (AvgIpc) is 3.19. The fraction of sp³-hybridized carbons (Fsp3) is 0.300. The van der Waals surface area contributed by atoms with E-state index in [0.29, 0.717) is 19.6 Å². The molecule has 0 radical (unpaired) electrons. The smallest absolute Gasteiger partial charge is 0.259 e. The number of hydrogen-bond acceptors (Lipinski definition) is 6. The molecule has 3 rings (SSSR count). The first kappa shape index (κ1) is 20.8. The van der Waals surface area contributed by atoms with Gasteiger partial charge in [-0.25, -0.2) is 12.8 Å². The number of nitrogens with zero attached hydrogens (tertiary/aromatic N) is 1. The standard InChI is InChI=1S/C20H19FN2O5S/c1-27-19-3-2-17(29(25,26)12-13-4-5-28-11-13)9-18(19)20(24)23-16-7-14(10-22)6-15(21)8-16/h2-3,6-9,13H,4-5,11-12H2,1H3,(H,23,24)/t13-/m0/s1. The normalized spacial score (nSPS) is 16.2. The minimum atomic E-state index is -3.63. The van der Waals surface area contributed by atoms with Gasteiger partial charge in [0.1, 0.15) is 11.6 Å². The van der Waals surface area contributed by atoms with Crippen molar-refractivity contribution in [1.82, 2.24) is 0 Å². The number of hydrogen-bond donors (Lipinski definition) is 1. The van der Waals surface area contributed by atoms with Crippen LogP contribution in [0.25, 0.3) is 0 Å². The molecule has 7 nitrogen and oxygen atoms in total. The van der Waals surface area contributed by atoms with Gasteiger partial charge in [-0.05, 0) is 48.7 Å². The van der Waals surface area contributed by atoms with Gasteiger partial charge >= 0.3 is 0 Å². The molecule has 29 heavy (non-hydrogen) atoms. The summed E-state index contributed by atoms with van der Waals surface area (Å²) < 4.78 is 49.5. The number of ether oxygens (including phenoxy) is 2. The molecule has 1 aliphatic heterocycles. The Morgan fingerprint density at radius 3 is 2.79 bits per heavy atom. The average molecular weight is 418 g/mol. The van der Waals surface area contributed by atoms with Crippen LogP contribution in [0.4, 0.5) is 10.1 Å². The van der Waals surface area contributed by atoms with Crippen LogP contribution in [-0.2, 0) is 14.6 Å². The Balaban J connectivity index is 1.89. The van der Waals surface area contributed by atoms with Crippen LogP contribution in [0.15, 0.2) is 41.3 Å². The van der Waals surface area contributed by atoms with E-state index in [-0.39, 0.29) is 39.1 Å². The van der Waals surface area contributed by atoms with Gasteiger partial charge in [0.25, 0.3) is 5.91 Å². The van der Waals surface area contributed by atoms with Crippen molar-refractivity contribution >= 4 is 21.4 Å². The zero-order valence-corrected chi connectivity index (χ0v) is 16.5. The van der Waals surface area contributed by atoms with Crippen molar-refractivity contribution in [3.05, 3.63) is 53.3 Å². The van der Waals surface area contributed by atoms with Crippen molar-refractivity contribution in [3.8, 4) is 11.8 Å². The summed E-state index contributed by atoms with van der Waals surface area (Å²) in [6.07, 6.45) is 0.670. The van der Waals surface area contributed by atoms with E-state index in [9.17, 15) is 17.6 Å². The summed E-state index contributed by atoms with van der Waals surface area (Å²) in [5.41, 5.74) is 0.103. The summed E-state index contributed by atoms with van der Waals surface area (Å²) in [5, 5.41) is 11.4. The summed E-state index contributed by atoms with van der Waals surface area (Å²) in [6.45, 7) is 0.929. The third-order valence-electron chi connectivity index (χ3n) is 4.54. The van der Waals surface area contributed by atoms with Gasteiger partial charge in [0.05, 0.1) is 41.6 Å². The summed E-state index contributed by atoms with van der Waals surface area (Å²) in [4.78, 5) is 12.7. The molecule has 1 aliphatic rings. The van der Waals surface area contributed by atoms with Gasteiger partial charge in [-0.3, -0.25) is 4.79 Å². The quantitative estimate of drug-likeness (QED) is 0.773. The van der Waals surface area contributed by atoms with Crippen molar-refractivity contribution < 1.29 is 27.1 Å². The molecule has 1 saturated heterocycles. The number of benzene rings is 2. The molecule has 1 fully saturated rings. The summed E-state index contributed by atoms with van der Waals surface area (Å²) in [7, 11) is -2.28. The van der Waals surface area contributed by atoms with Gasteiger partial charge in [0.15, 0.2) is 9.84 Å². The fourth-order valence-corrected chi connectivity index (χ4v) is 4.75. The van der Waals surface area contributed by atoms with Crippen molar-refractivity contribution in [2.75, 3.05) is 31.4 Å². The zero-order chi connectivity index (χ0) is 21.0. The molecular formula is C20H19FN2O5S. The molecule has 9 heteroatoms. The predicted molar refractivity (Wildman–Crippen MR) is 103 cm³/mol. The molecule has 0 bridgehead atoms. The molecule has 0 spiro atoms. The highest BCUT2D eigenvalue weighted by Gasteiger charge is 2.26. The monoisotopic (exact) mass is 418 g/mol. The topological polar surface area (TPSA) is 105 Å². The van der Waals surface area contributed by atoms with E-state index < -0.39 is 21.6 Å². The van der Waals surface area contributed by atoms with Crippen molar-refractivity contribution in [2.45, 2.75) is 11.3 Å². The molecule has 2 aromatic rings. The molecule has 1 N–H and O–H groups in total. The minimum Gasteiger partial charge on any atom is -0.496 e. The van der Waals surface area contributed by atoms with Crippen LogP contribution in [-0.4, -0.2) is 40.4 Å². The molecule has 1 atom stereocenters. The first-order valence-corrected chi connectivity index (χ1v) is 10.5. The van der Waals surface area contributed by atoms with E-state index in [1.807, 2.05) is 0 Å². The van der Waals surface area contributed by atoms with E-state index in [2.05, 4.69) is 5.32 Å². The molecule has 0 unspecified atom stereocenters. The first-order chi connectivity index (χ1) is 13.8. The Kier molecular flexibility index (Phi) is 6.15. The van der Waals surface area contributed by atoms with E-state index in [1.54, 1.807) is 6.07 Å². The SMILES string of the molecule is COc1ccc(S(=O)(=O)C[C@H]2CCOC2)cc1C(=O)Nc1cc(F)cc(C#N)c1. The Labute approximate surface area is 168 Å². The lowest BCUT2D eigenvalue weighted by Crippen LogP contribution is -2.18. The Hall–Kier alpha value is -2.96. The van der Waals surface area contributed by atoms with Crippen LogP contribution >= 0.6 is 0 Å². The Bertz CT molecular complexity index is 1070. The predicted octanol–water partition coefficient (Wildman–Crippen LogP) is 2.77. The van der Waals surface area contributed by atoms with Crippen molar-refractivity contribution in [2.24, 2.45) is 5.92 Å². The molecule has 1 heterocycles. The second-order valence-electron chi connectivity index (χ2n) is 6.67. The highest BCUT2D eigenvalue weighted by molar-refractivity contribution is 7.91. The minimum absolute atomic E-state index is 0.00712. The molecule has 0 saturated carbocycles. The van der Waals surface area contributed by atoms with Gasteiger partial charge in [-0.15, -0.1) is 0 Å². The molecule has 0 aromatic heterocycles. The lowest BCUT2D eigenvalue weighted by Gasteiger charge is -2.13. The van der Waals surface area contributed by atoms with Crippen LogP contribution < -0.4 is 10.1 Å². The number of carbonyl (C=O) groups excluding carboxylic acids is 1. The number of anilines is 1. The maximum atomic E-state index is 13.6. The van der Waals surface area contributed by atoms with Gasteiger partial charge in [0, 0.05) is 12.3 Å². The molecule has 2 aromatic carbocycles. The van der Waals surface area contributed by atoms with Crippen LogP contribution in [0.5, 0.6) is 5.75 Å². The largest absolute Gasteiger partial charge is 0.496 e. The number of halogens is 1. The van der Waals surface area contributed by atoms with Crippen LogP contribution in [0.3, 0.4) is 0 Å². The number of methoxy groups -OCH3 is 1. The summed E-state index contributed by atoms with van der Waals surface area (Å²) in [5.74, 6) is -1.35. The van der Waals surface area contributed by atoms with E-state index in [0.717, 1.165) is 12.1 Å². The van der Waals surface area contributed by atoms with Crippen LogP contribution in [0, 0.1) is 23.1 Å². The van der Waals surface area contributed by atoms with Crippen LogP contribution in [0.1, 0.15) is 22.3 Å². The number of amides is 1. The van der Waals surface area contributed by atoms with Gasteiger partial charge in [-0.1, -0.05) is 0 Å². The molecular weight excluding hydrogens is 399 g/mol. The number of sulfone groups is 1. The first-order valence-electron chi connectivity index (χ1n) is 8.83. The van der Waals surface area contributed by atoms with E-state index >= 15 is 0 Å². The second kappa shape index (κ2) is 8.59. The third kappa shape index (κ3) is 4.91. The maximum absolute atomic E-state index is 13.6. The fourth-order valence-electron chi connectivity index (χ4n) is 3.10. The van der Waals surface area contributed by atoms with Gasteiger partial charge in [-0.2, -0.15) is 5.26 Å². The van der Waals surface area contributed by atoms with Gasteiger partial charge in [0.2, 0.25) is 0 Å². The van der Waals surface area contributed by atoms with Gasteiger partial charge < -0.3 is 14.8 Å². The van der Waals surface area contributed by atoms with Crippen molar-refractivity contribution in [1.29, 1.82) is 5.26 Å². The zero-order valence-electron chi connectivity index (χ0n) is 15.6. The lowest BCUT2D eigenvalue weighted by molar-refractivity contribution is 0.102. The Morgan fingerprint density at radius 1 is 1.34 bits per heavy atom. The number of carbonyl (C=O) groups is 1. The highest BCUT2D eigenvalue weighted by atomic mass is 32.2. The van der Waals surface area contributed by atoms with E-state index in [4.69, 9.17) is 14.7 Å². The third-order valence-corrected chi connectivity index (χ3v) is 6.42. The lowest BCUT2D eigenvalue weighted by atomic mass is 10.1. The van der Waals surface area contributed by atoms with Crippen molar-refractivity contribution in [3.63, 3.8) is 0 Å². The summed E-state index contributed by atoms with van der Waals surface area (Å²) >= 11 is 0. The molecule has 0 aliphatic carbocycles. The number of nitrogens with one attached hydrogen (secondary N) is 1. The summed E-state index contributed by atoms with van der Waals surface area (Å²) in [6, 6.07) is 9.24. The van der Waals surface area contributed by atoms with E-state index in [1.165, 1.54) is 31.4 Å².